The molecule has 0 amide bonds. The molecule has 254 valence electrons. The third-order valence-corrected chi connectivity index (χ3v) is 5.04. The maximum atomic E-state index is 12.9. The monoisotopic (exact) mass is 630 g/mol. The quantitative estimate of drug-likeness (QED) is 0.0892. The molecule has 15 heteroatoms. The number of aliphatic hydroxyl groups is 2. The van der Waals surface area contributed by atoms with Crippen LogP contribution in [0.1, 0.15) is 52.7 Å². The van der Waals surface area contributed by atoms with Crippen LogP contribution < -0.4 is 22.5 Å². The van der Waals surface area contributed by atoms with E-state index in [9.17, 15) is 9.59 Å². The molecule has 15 nitrogen and oxygen atoms in total. The van der Waals surface area contributed by atoms with Gasteiger partial charge < -0.3 is 52.0 Å². The van der Waals surface area contributed by atoms with Gasteiger partial charge in [0.25, 0.3) is 5.97 Å². The molecule has 0 fully saturated rings. The van der Waals surface area contributed by atoms with Gasteiger partial charge in [-0.2, -0.15) is 0 Å². The second-order valence-corrected chi connectivity index (χ2v) is 10.1. The number of carbonyl (C=O) groups excluding carboxylic acids is 2. The van der Waals surface area contributed by atoms with E-state index in [0.29, 0.717) is 0 Å². The van der Waals surface area contributed by atoms with Gasteiger partial charge in [0.05, 0.1) is 38.3 Å². The van der Waals surface area contributed by atoms with E-state index in [1.165, 1.54) is 12.6 Å². The predicted molar refractivity (Wildman–Crippen MR) is 170 cm³/mol. The molecule has 0 saturated carbocycles. The van der Waals surface area contributed by atoms with Crippen molar-refractivity contribution >= 4 is 29.8 Å². The highest BCUT2D eigenvalue weighted by Crippen LogP contribution is 2.22. The number of aryl methyl sites for hydroxylation is 1. The molecule has 0 saturated heterocycles. The number of aliphatic hydroxyl groups excluding tert-OH is 2. The number of benzene rings is 1. The topological polar surface area (TPSA) is 254 Å². The van der Waals surface area contributed by atoms with Gasteiger partial charge in [-0.1, -0.05) is 43.7 Å². The summed E-state index contributed by atoms with van der Waals surface area (Å²) in [5.41, 5.74) is 17.4. The molecule has 0 bridgehead atoms. The van der Waals surface area contributed by atoms with Crippen LogP contribution in [0.25, 0.3) is 0 Å². The zero-order valence-corrected chi connectivity index (χ0v) is 27.5. The molecule has 0 aliphatic rings. The summed E-state index contributed by atoms with van der Waals surface area (Å²) in [6.07, 6.45) is -0.855. The minimum absolute atomic E-state index is 0.00980. The number of carboxylic acid groups (broad SMARTS) is 1. The van der Waals surface area contributed by atoms with E-state index >= 15 is 0 Å². The van der Waals surface area contributed by atoms with Gasteiger partial charge in [0.2, 0.25) is 0 Å². The van der Waals surface area contributed by atoms with E-state index in [1.54, 1.807) is 20.8 Å². The van der Waals surface area contributed by atoms with Crippen LogP contribution in [0.2, 0.25) is 0 Å². The molecule has 10 N–H and O–H groups in total. The highest BCUT2D eigenvalue weighted by Gasteiger charge is 2.39. The third-order valence-electron chi connectivity index (χ3n) is 5.04. The average Bonchev–Trinajstić information content (AvgIpc) is 2.97. The van der Waals surface area contributed by atoms with Crippen molar-refractivity contribution in [1.29, 1.82) is 0 Å². The first kappa shape index (κ1) is 44.5. The molecule has 44 heavy (non-hydrogen) atoms. The van der Waals surface area contributed by atoms with Crippen molar-refractivity contribution in [3.8, 4) is 0 Å². The molecule has 0 spiro atoms. The fourth-order valence-corrected chi connectivity index (χ4v) is 2.54. The van der Waals surface area contributed by atoms with Crippen LogP contribution in [0.15, 0.2) is 34.3 Å². The lowest BCUT2D eigenvalue weighted by atomic mass is 9.92. The van der Waals surface area contributed by atoms with Crippen LogP contribution in [-0.2, 0) is 35.2 Å². The number of nitrogens with two attached hydrogens (primary N) is 3. The standard InChI is InChI=1S/C18H36N6O5.C8H10O.C2H4O2.CH4O/c1-11(2)14(25)28-10-18(5,9-27-12(3)4)15(26)29-13(7-23-16(19)20)8-24-17(21)22-6;1-7-2-4-8(6-9)5-3-7;1-2(3)4;1-2/h11-13H,7-10H2,1-6H3,(H4,19,20,23)(H3,21,22,24);2-5,9H,6H2,1H3;1H3,(H,3,4);2H,1H3. The molecule has 2 unspecified atom stereocenters. The number of ether oxygens (including phenoxy) is 3. The zero-order valence-electron chi connectivity index (χ0n) is 27.5. The Balaban J connectivity index is -0.000000911. The number of hydrogen-bond acceptors (Lipinski definition) is 10. The summed E-state index contributed by atoms with van der Waals surface area (Å²) in [5, 5.41) is 25.9. The Bertz CT molecular complexity index is 994. The summed E-state index contributed by atoms with van der Waals surface area (Å²) in [7, 11) is 2.52. The third kappa shape index (κ3) is 24.6. The molecule has 1 rings (SSSR count). The SMILES string of the molecule is CC(=O)O.CN=C(N)NCC(CN=C(N)N)OC(=O)C(C)(COC(=O)C(C)C)COC(C)C.CO.Cc1ccc(CO)cc1. The van der Waals surface area contributed by atoms with E-state index in [2.05, 4.69) is 15.3 Å². The van der Waals surface area contributed by atoms with Crippen molar-refractivity contribution in [2.75, 3.05) is 40.5 Å². The first-order valence-electron chi connectivity index (χ1n) is 13.8. The largest absolute Gasteiger partial charge is 0.481 e. The summed E-state index contributed by atoms with van der Waals surface area (Å²) in [6, 6.07) is 7.84. The molecular formula is C29H54N6O9. The van der Waals surface area contributed by atoms with Gasteiger partial charge in [0.15, 0.2) is 11.9 Å². The van der Waals surface area contributed by atoms with Gasteiger partial charge in [0.1, 0.15) is 18.1 Å². The Morgan fingerprint density at radius 3 is 1.95 bits per heavy atom. The van der Waals surface area contributed by atoms with Gasteiger partial charge in [-0.3, -0.25) is 19.4 Å². The number of aliphatic carboxylic acids is 1. The summed E-state index contributed by atoms with van der Waals surface area (Å²) in [6.45, 7) is 11.9. The average molecular weight is 631 g/mol. The summed E-state index contributed by atoms with van der Waals surface area (Å²) >= 11 is 0. The minimum atomic E-state index is -1.21. The molecule has 0 aliphatic heterocycles. The number of aliphatic imine (C=N–C) groups is 2. The van der Waals surface area contributed by atoms with Crippen molar-refractivity contribution in [2.24, 2.45) is 38.5 Å². The predicted octanol–water partition coefficient (Wildman–Crippen LogP) is 0.523. The fraction of sp³-hybridized carbons (Fsp3) is 0.621. The lowest BCUT2D eigenvalue weighted by Crippen LogP contribution is -2.46. The highest BCUT2D eigenvalue weighted by atomic mass is 16.6. The molecule has 0 heterocycles. The maximum absolute atomic E-state index is 12.9. The number of rotatable bonds is 13. The van der Waals surface area contributed by atoms with Gasteiger partial charge in [-0.05, 0) is 33.3 Å². The normalized spacial score (nSPS) is 12.4. The number of carboxylic acids is 1. The van der Waals surface area contributed by atoms with Gasteiger partial charge in [-0.15, -0.1) is 0 Å². The summed E-state index contributed by atoms with van der Waals surface area (Å²) in [4.78, 5) is 41.5. The number of carbonyl (C=O) groups is 3. The van der Waals surface area contributed by atoms with E-state index in [4.69, 9.17) is 51.5 Å². The van der Waals surface area contributed by atoms with Crippen molar-refractivity contribution in [1.82, 2.24) is 5.32 Å². The number of nitrogens with one attached hydrogen (secondary N) is 1. The zero-order chi connectivity index (χ0) is 34.9. The molecule has 1 aromatic rings. The Hall–Kier alpha value is -3.95. The van der Waals surface area contributed by atoms with Crippen molar-refractivity contribution in [3.05, 3.63) is 35.4 Å². The molecule has 1 aromatic carbocycles. The van der Waals surface area contributed by atoms with Crippen molar-refractivity contribution in [2.45, 2.75) is 67.3 Å². The number of nitrogens with zero attached hydrogens (tertiary/aromatic N) is 2. The lowest BCUT2D eigenvalue weighted by Gasteiger charge is -2.30. The molecule has 2 atom stereocenters. The van der Waals surface area contributed by atoms with Crippen LogP contribution in [0.4, 0.5) is 0 Å². The second kappa shape index (κ2) is 25.5. The number of hydrogen-bond donors (Lipinski definition) is 7. The minimum Gasteiger partial charge on any atom is -0.481 e. The maximum Gasteiger partial charge on any atom is 0.318 e. The second-order valence-electron chi connectivity index (χ2n) is 10.1. The van der Waals surface area contributed by atoms with Gasteiger partial charge in [-0.25, -0.2) is 4.99 Å². The first-order valence-corrected chi connectivity index (χ1v) is 13.8. The van der Waals surface area contributed by atoms with E-state index in [1.807, 2.05) is 45.0 Å². The highest BCUT2D eigenvalue weighted by molar-refractivity contribution is 5.79. The summed E-state index contributed by atoms with van der Waals surface area (Å²) < 4.78 is 16.5. The molecule has 0 aromatic heterocycles. The van der Waals surface area contributed by atoms with Crippen LogP contribution in [0, 0.1) is 18.3 Å². The van der Waals surface area contributed by atoms with Gasteiger partial charge >= 0.3 is 11.9 Å². The van der Waals surface area contributed by atoms with Crippen molar-refractivity contribution in [3.63, 3.8) is 0 Å². The van der Waals surface area contributed by atoms with E-state index in [0.717, 1.165) is 19.6 Å². The Morgan fingerprint density at radius 2 is 1.55 bits per heavy atom. The Morgan fingerprint density at radius 1 is 1.02 bits per heavy atom. The Kier molecular flexibility index (Phi) is 25.8. The van der Waals surface area contributed by atoms with Gasteiger partial charge in [0, 0.05) is 21.1 Å². The summed E-state index contributed by atoms with van der Waals surface area (Å²) in [5.74, 6) is -2.15. The number of guanidine groups is 2. The van der Waals surface area contributed by atoms with Crippen LogP contribution in [0.5, 0.6) is 0 Å². The molecule has 0 aliphatic carbocycles. The van der Waals surface area contributed by atoms with E-state index in [-0.39, 0.29) is 56.9 Å². The Labute approximate surface area is 260 Å². The molecular weight excluding hydrogens is 576 g/mol. The van der Waals surface area contributed by atoms with Crippen LogP contribution >= 0.6 is 0 Å². The smallest absolute Gasteiger partial charge is 0.318 e. The van der Waals surface area contributed by atoms with E-state index < -0.39 is 29.4 Å². The number of esters is 2. The molecule has 0 radical (unpaired) electrons. The van der Waals surface area contributed by atoms with Crippen molar-refractivity contribution < 1.29 is 43.9 Å². The first-order chi connectivity index (χ1) is 20.5. The van der Waals surface area contributed by atoms with Crippen LogP contribution in [-0.4, -0.2) is 97.8 Å². The lowest BCUT2D eigenvalue weighted by molar-refractivity contribution is -0.173. The fourth-order valence-electron chi connectivity index (χ4n) is 2.54. The van der Waals surface area contributed by atoms with Crippen LogP contribution in [0.3, 0.4) is 0 Å².